The summed E-state index contributed by atoms with van der Waals surface area (Å²) < 4.78 is 6.00. The Labute approximate surface area is 149 Å². The van der Waals surface area contributed by atoms with Crippen LogP contribution in [0.15, 0.2) is 52.3 Å². The Bertz CT molecular complexity index is 1150. The van der Waals surface area contributed by atoms with Gasteiger partial charge in [-0.25, -0.2) is 9.98 Å². The van der Waals surface area contributed by atoms with Gasteiger partial charge in [-0.3, -0.25) is 9.78 Å². The zero-order valence-electron chi connectivity index (χ0n) is 14.4. The number of H-pyrrole nitrogens is 1. The van der Waals surface area contributed by atoms with Crippen LogP contribution in [0, 0.1) is 11.3 Å². The first-order valence-electron chi connectivity index (χ1n) is 8.25. The summed E-state index contributed by atoms with van der Waals surface area (Å²) in [6.07, 6.45) is 0.533. The monoisotopic (exact) mass is 344 g/mol. The van der Waals surface area contributed by atoms with Crippen LogP contribution in [0.25, 0.3) is 10.9 Å². The molecule has 0 amide bonds. The van der Waals surface area contributed by atoms with Gasteiger partial charge in [-0.1, -0.05) is 12.1 Å². The number of hydrogen-bond donors (Lipinski definition) is 1. The fraction of sp³-hybridized carbons (Fsp3) is 0.200. The van der Waals surface area contributed by atoms with Gasteiger partial charge in [0, 0.05) is 12.0 Å². The van der Waals surface area contributed by atoms with Crippen molar-refractivity contribution in [2.24, 2.45) is 4.99 Å². The van der Waals surface area contributed by atoms with Gasteiger partial charge in [0.15, 0.2) is 0 Å². The second-order valence-electron chi connectivity index (χ2n) is 6.83. The van der Waals surface area contributed by atoms with E-state index in [0.29, 0.717) is 28.6 Å². The molecule has 4 rings (SSSR count). The van der Waals surface area contributed by atoms with Crippen LogP contribution in [0.1, 0.15) is 31.4 Å². The van der Waals surface area contributed by atoms with E-state index in [4.69, 9.17) is 4.74 Å². The maximum absolute atomic E-state index is 12.3. The summed E-state index contributed by atoms with van der Waals surface area (Å²) in [5, 5.41) is 9.71. The number of ether oxygens (including phenoxy) is 1. The molecule has 1 aliphatic heterocycles. The predicted octanol–water partition coefficient (Wildman–Crippen LogP) is 3.48. The number of rotatable bonds is 1. The van der Waals surface area contributed by atoms with Crippen LogP contribution in [0.3, 0.4) is 0 Å². The van der Waals surface area contributed by atoms with Gasteiger partial charge in [0.1, 0.15) is 11.4 Å². The molecule has 26 heavy (non-hydrogen) atoms. The number of para-hydroxylation sites is 1. The standard InChI is InChI=1S/C20H16N4O2/c1-20(2)10-16(14-9-12(11-21)7-8-17(14)26-20)23-19-22-15-6-4-3-5-13(15)18(25)24-19/h3-9H,10H2,1-2H3,(H,22,24,25). The smallest absolute Gasteiger partial charge is 0.260 e. The highest BCUT2D eigenvalue weighted by Gasteiger charge is 2.31. The molecule has 0 spiro atoms. The third kappa shape index (κ3) is 2.84. The number of benzene rings is 2. The summed E-state index contributed by atoms with van der Waals surface area (Å²) in [6, 6.07) is 14.5. The number of hydrogen-bond acceptors (Lipinski definition) is 5. The number of aromatic amines is 1. The maximum Gasteiger partial charge on any atom is 0.260 e. The molecule has 0 aliphatic carbocycles. The van der Waals surface area contributed by atoms with Gasteiger partial charge < -0.3 is 4.74 Å². The number of aromatic nitrogens is 2. The van der Waals surface area contributed by atoms with Crippen molar-refractivity contribution >= 4 is 22.6 Å². The van der Waals surface area contributed by atoms with Gasteiger partial charge in [0.25, 0.3) is 5.56 Å². The van der Waals surface area contributed by atoms with E-state index in [0.717, 1.165) is 11.3 Å². The number of nitriles is 1. The predicted molar refractivity (Wildman–Crippen MR) is 99.0 cm³/mol. The van der Waals surface area contributed by atoms with Crippen LogP contribution in [0.4, 0.5) is 5.95 Å². The molecular formula is C20H16N4O2. The first-order chi connectivity index (χ1) is 12.4. The van der Waals surface area contributed by atoms with Crippen molar-refractivity contribution in [1.29, 1.82) is 5.26 Å². The summed E-state index contributed by atoms with van der Waals surface area (Å²) >= 11 is 0. The summed E-state index contributed by atoms with van der Waals surface area (Å²) in [6.45, 7) is 3.94. The highest BCUT2D eigenvalue weighted by atomic mass is 16.5. The third-order valence-corrected chi connectivity index (χ3v) is 4.24. The van der Waals surface area contributed by atoms with Crippen LogP contribution in [0.2, 0.25) is 0 Å². The second-order valence-corrected chi connectivity index (χ2v) is 6.83. The Balaban J connectivity index is 1.90. The van der Waals surface area contributed by atoms with Crippen molar-refractivity contribution < 1.29 is 4.74 Å². The largest absolute Gasteiger partial charge is 0.487 e. The van der Waals surface area contributed by atoms with E-state index in [1.54, 1.807) is 36.4 Å². The second kappa shape index (κ2) is 5.81. The molecule has 1 aliphatic rings. The lowest BCUT2D eigenvalue weighted by Crippen LogP contribution is -2.36. The number of fused-ring (bicyclic) bond motifs is 2. The fourth-order valence-corrected chi connectivity index (χ4v) is 3.10. The average Bonchev–Trinajstić information content (AvgIpc) is 2.60. The van der Waals surface area contributed by atoms with Crippen LogP contribution >= 0.6 is 0 Å². The molecule has 0 fully saturated rings. The van der Waals surface area contributed by atoms with Crippen molar-refractivity contribution in [3.63, 3.8) is 0 Å². The van der Waals surface area contributed by atoms with Gasteiger partial charge in [-0.15, -0.1) is 0 Å². The molecule has 6 heteroatoms. The van der Waals surface area contributed by atoms with Crippen molar-refractivity contribution in [2.75, 3.05) is 0 Å². The zero-order chi connectivity index (χ0) is 18.3. The first kappa shape index (κ1) is 16.0. The molecule has 0 bridgehead atoms. The Morgan fingerprint density at radius 2 is 2.08 bits per heavy atom. The number of nitrogens with zero attached hydrogens (tertiary/aromatic N) is 3. The Morgan fingerprint density at radius 3 is 2.88 bits per heavy atom. The molecule has 6 nitrogen and oxygen atoms in total. The molecule has 2 aromatic carbocycles. The Morgan fingerprint density at radius 1 is 1.27 bits per heavy atom. The molecule has 0 saturated heterocycles. The quantitative estimate of drug-likeness (QED) is 0.731. The van der Waals surface area contributed by atoms with Gasteiger partial charge in [0.2, 0.25) is 5.95 Å². The lowest BCUT2D eigenvalue weighted by atomic mass is 9.91. The lowest BCUT2D eigenvalue weighted by Gasteiger charge is -2.33. The molecule has 0 radical (unpaired) electrons. The Hall–Kier alpha value is -3.46. The van der Waals surface area contributed by atoms with E-state index in [1.165, 1.54) is 0 Å². The number of aliphatic imine (C=N–C) groups is 1. The molecule has 0 atom stereocenters. The highest BCUT2D eigenvalue weighted by molar-refractivity contribution is 6.05. The van der Waals surface area contributed by atoms with E-state index in [9.17, 15) is 10.1 Å². The van der Waals surface area contributed by atoms with Crippen LogP contribution in [-0.2, 0) is 0 Å². The van der Waals surface area contributed by atoms with Crippen molar-refractivity contribution in [3.8, 4) is 11.8 Å². The Kier molecular flexibility index (Phi) is 3.58. The van der Waals surface area contributed by atoms with Gasteiger partial charge >= 0.3 is 0 Å². The molecule has 3 aromatic rings. The molecule has 0 saturated carbocycles. The molecule has 2 heterocycles. The van der Waals surface area contributed by atoms with E-state index < -0.39 is 5.60 Å². The fourth-order valence-electron chi connectivity index (χ4n) is 3.10. The van der Waals surface area contributed by atoms with E-state index in [1.807, 2.05) is 19.9 Å². The summed E-state index contributed by atoms with van der Waals surface area (Å²) in [5.41, 5.74) is 1.92. The minimum absolute atomic E-state index is 0.229. The van der Waals surface area contributed by atoms with Crippen LogP contribution in [-0.4, -0.2) is 21.3 Å². The normalized spacial score (nSPS) is 16.7. The van der Waals surface area contributed by atoms with Crippen LogP contribution < -0.4 is 10.3 Å². The SMILES string of the molecule is CC1(C)CC(=Nc2nc3ccccc3c(=O)[nH]2)c2cc(C#N)ccc2O1. The lowest BCUT2D eigenvalue weighted by molar-refractivity contribution is 0.111. The van der Waals surface area contributed by atoms with Crippen LogP contribution in [0.5, 0.6) is 5.75 Å². The van der Waals surface area contributed by atoms with E-state index >= 15 is 0 Å². The van der Waals surface area contributed by atoms with Crippen molar-refractivity contribution in [1.82, 2.24) is 9.97 Å². The minimum atomic E-state index is -0.447. The summed E-state index contributed by atoms with van der Waals surface area (Å²) in [5.74, 6) is 0.914. The molecule has 128 valence electrons. The summed E-state index contributed by atoms with van der Waals surface area (Å²) in [7, 11) is 0. The first-order valence-corrected chi connectivity index (χ1v) is 8.25. The maximum atomic E-state index is 12.3. The van der Waals surface area contributed by atoms with E-state index in [-0.39, 0.29) is 11.5 Å². The van der Waals surface area contributed by atoms with Gasteiger partial charge in [0.05, 0.1) is 28.2 Å². The van der Waals surface area contributed by atoms with E-state index in [2.05, 4.69) is 21.0 Å². The van der Waals surface area contributed by atoms with Gasteiger partial charge in [-0.2, -0.15) is 5.26 Å². The third-order valence-electron chi connectivity index (χ3n) is 4.24. The van der Waals surface area contributed by atoms with Crippen molar-refractivity contribution in [2.45, 2.75) is 25.9 Å². The summed E-state index contributed by atoms with van der Waals surface area (Å²) in [4.78, 5) is 24.1. The number of nitrogens with one attached hydrogen (secondary N) is 1. The topological polar surface area (TPSA) is 91.1 Å². The molecule has 1 N–H and O–H groups in total. The minimum Gasteiger partial charge on any atom is -0.487 e. The highest BCUT2D eigenvalue weighted by Crippen LogP contribution is 2.34. The molecule has 0 unspecified atom stereocenters. The average molecular weight is 344 g/mol. The molecular weight excluding hydrogens is 328 g/mol. The van der Waals surface area contributed by atoms with Crippen molar-refractivity contribution in [3.05, 3.63) is 63.9 Å². The zero-order valence-corrected chi connectivity index (χ0v) is 14.4. The van der Waals surface area contributed by atoms with Gasteiger partial charge in [-0.05, 0) is 44.2 Å². The molecule has 1 aromatic heterocycles.